The summed E-state index contributed by atoms with van der Waals surface area (Å²) in [5, 5.41) is 0. The fourth-order valence-corrected chi connectivity index (χ4v) is 2.81. The van der Waals surface area contributed by atoms with Crippen molar-refractivity contribution in [3.63, 3.8) is 0 Å². The number of hydrogen-bond donors (Lipinski definition) is 1. The lowest BCUT2D eigenvalue weighted by atomic mass is 10.0. The number of rotatable bonds is 1. The molecular formula is C17H19N3O. The Kier molecular flexibility index (Phi) is 3.60. The Morgan fingerprint density at radius 2 is 1.81 bits per heavy atom. The van der Waals surface area contributed by atoms with E-state index in [1.807, 2.05) is 11.8 Å². The van der Waals surface area contributed by atoms with Crippen LogP contribution in [0.5, 0.6) is 0 Å². The first kappa shape index (κ1) is 13.6. The summed E-state index contributed by atoms with van der Waals surface area (Å²) in [4.78, 5) is 18.8. The molecule has 0 aliphatic carbocycles. The molecule has 108 valence electrons. The molecule has 0 radical (unpaired) electrons. The number of aromatic nitrogens is 1. The second-order valence-corrected chi connectivity index (χ2v) is 5.46. The van der Waals surface area contributed by atoms with E-state index in [9.17, 15) is 4.79 Å². The van der Waals surface area contributed by atoms with Gasteiger partial charge in [0, 0.05) is 13.1 Å². The van der Waals surface area contributed by atoms with Crippen molar-refractivity contribution < 1.29 is 4.79 Å². The zero-order valence-corrected chi connectivity index (χ0v) is 12.2. The predicted molar refractivity (Wildman–Crippen MR) is 83.1 cm³/mol. The molecule has 0 saturated carbocycles. The van der Waals surface area contributed by atoms with Gasteiger partial charge in [-0.15, -0.1) is 0 Å². The monoisotopic (exact) mass is 281 g/mol. The van der Waals surface area contributed by atoms with Gasteiger partial charge in [0.05, 0.1) is 23.1 Å². The van der Waals surface area contributed by atoms with E-state index >= 15 is 0 Å². The van der Waals surface area contributed by atoms with Crippen molar-refractivity contribution in [2.45, 2.75) is 19.8 Å². The maximum atomic E-state index is 12.7. The van der Waals surface area contributed by atoms with Crippen molar-refractivity contribution in [2.24, 2.45) is 0 Å². The highest BCUT2D eigenvalue weighted by Gasteiger charge is 2.21. The number of benzene rings is 1. The molecule has 2 aromatic rings. The van der Waals surface area contributed by atoms with Crippen molar-refractivity contribution >= 4 is 11.6 Å². The Balaban J connectivity index is 1.82. The van der Waals surface area contributed by atoms with Crippen molar-refractivity contribution in [3.05, 3.63) is 58.9 Å². The van der Waals surface area contributed by atoms with Crippen molar-refractivity contribution in [1.29, 1.82) is 0 Å². The molecule has 2 N–H and O–H groups in total. The second kappa shape index (κ2) is 5.56. The number of hydrogen-bond acceptors (Lipinski definition) is 3. The number of aryl methyl sites for hydroxylation is 1. The predicted octanol–water partition coefficient (Wildman–Crippen LogP) is 2.21. The van der Waals surface area contributed by atoms with Gasteiger partial charge in [-0.2, -0.15) is 0 Å². The van der Waals surface area contributed by atoms with Crippen LogP contribution < -0.4 is 5.73 Å². The minimum absolute atomic E-state index is 0.0279. The number of carbonyl (C=O) groups is 1. The van der Waals surface area contributed by atoms with Crippen molar-refractivity contribution in [1.82, 2.24) is 9.88 Å². The van der Waals surface area contributed by atoms with E-state index in [4.69, 9.17) is 5.73 Å². The third-order valence-electron chi connectivity index (χ3n) is 4.05. The fraction of sp³-hybridized carbons (Fsp3) is 0.294. The van der Waals surface area contributed by atoms with Crippen LogP contribution in [-0.2, 0) is 12.8 Å². The summed E-state index contributed by atoms with van der Waals surface area (Å²) in [7, 11) is 0. The molecule has 0 bridgehead atoms. The molecule has 2 heterocycles. The molecule has 0 saturated heterocycles. The molecular weight excluding hydrogens is 262 g/mol. The Morgan fingerprint density at radius 1 is 1.19 bits per heavy atom. The van der Waals surface area contributed by atoms with Gasteiger partial charge in [0.25, 0.3) is 5.91 Å². The maximum absolute atomic E-state index is 12.7. The van der Waals surface area contributed by atoms with Crippen LogP contribution >= 0.6 is 0 Å². The van der Waals surface area contributed by atoms with Crippen LogP contribution in [0.25, 0.3) is 0 Å². The van der Waals surface area contributed by atoms with Crippen LogP contribution in [0, 0.1) is 6.92 Å². The molecule has 1 aromatic heterocycles. The number of nitrogens with zero attached hydrogens (tertiary/aromatic N) is 2. The summed E-state index contributed by atoms with van der Waals surface area (Å²) in [5.74, 6) is 0.0279. The van der Waals surface area contributed by atoms with E-state index in [1.165, 1.54) is 11.1 Å². The van der Waals surface area contributed by atoms with Crippen LogP contribution in [0.15, 0.2) is 36.5 Å². The average molecular weight is 281 g/mol. The fourth-order valence-electron chi connectivity index (χ4n) is 2.81. The summed E-state index contributed by atoms with van der Waals surface area (Å²) < 4.78 is 0. The zero-order chi connectivity index (χ0) is 14.8. The molecule has 0 spiro atoms. The van der Waals surface area contributed by atoms with E-state index in [-0.39, 0.29) is 5.91 Å². The van der Waals surface area contributed by atoms with Crippen LogP contribution in [0.3, 0.4) is 0 Å². The summed E-state index contributed by atoms with van der Waals surface area (Å²) in [6.07, 6.45) is 3.39. The van der Waals surface area contributed by atoms with Gasteiger partial charge in [-0.25, -0.2) is 0 Å². The molecule has 21 heavy (non-hydrogen) atoms. The highest BCUT2D eigenvalue weighted by atomic mass is 16.2. The van der Waals surface area contributed by atoms with Gasteiger partial charge in [0.1, 0.15) is 0 Å². The van der Waals surface area contributed by atoms with E-state index in [0.29, 0.717) is 11.3 Å². The zero-order valence-electron chi connectivity index (χ0n) is 12.2. The number of nitrogen functional groups attached to an aromatic ring is 1. The van der Waals surface area contributed by atoms with Gasteiger partial charge in [0.2, 0.25) is 0 Å². The molecule has 1 aliphatic rings. The molecule has 4 heteroatoms. The lowest BCUT2D eigenvalue weighted by Gasteiger charge is -2.21. The SMILES string of the molecule is Cc1ncc(N)cc1C(=O)N1CCc2ccccc2CC1. The van der Waals surface area contributed by atoms with Gasteiger partial charge < -0.3 is 10.6 Å². The van der Waals surface area contributed by atoms with Crippen LogP contribution in [-0.4, -0.2) is 28.9 Å². The minimum atomic E-state index is 0.0279. The Hall–Kier alpha value is -2.36. The summed E-state index contributed by atoms with van der Waals surface area (Å²) in [6.45, 7) is 3.33. The third-order valence-corrected chi connectivity index (χ3v) is 4.05. The molecule has 3 rings (SSSR count). The molecule has 1 aliphatic heterocycles. The van der Waals surface area contributed by atoms with E-state index in [1.54, 1.807) is 12.3 Å². The van der Waals surface area contributed by atoms with E-state index in [0.717, 1.165) is 31.6 Å². The number of amides is 1. The Morgan fingerprint density at radius 3 is 2.43 bits per heavy atom. The maximum Gasteiger partial charge on any atom is 0.255 e. The number of anilines is 1. The first-order chi connectivity index (χ1) is 10.1. The van der Waals surface area contributed by atoms with Crippen LogP contribution in [0.2, 0.25) is 0 Å². The number of pyridine rings is 1. The van der Waals surface area contributed by atoms with E-state index in [2.05, 4.69) is 29.2 Å². The summed E-state index contributed by atoms with van der Waals surface area (Å²) >= 11 is 0. The molecule has 4 nitrogen and oxygen atoms in total. The average Bonchev–Trinajstić information content (AvgIpc) is 2.71. The summed E-state index contributed by atoms with van der Waals surface area (Å²) in [5.41, 5.74) is 10.3. The lowest BCUT2D eigenvalue weighted by molar-refractivity contribution is 0.0762. The van der Waals surface area contributed by atoms with Gasteiger partial charge in [-0.3, -0.25) is 9.78 Å². The first-order valence-electron chi connectivity index (χ1n) is 7.23. The van der Waals surface area contributed by atoms with E-state index < -0.39 is 0 Å². The van der Waals surface area contributed by atoms with Gasteiger partial charge in [0.15, 0.2) is 0 Å². The number of carbonyl (C=O) groups excluding carboxylic acids is 1. The first-order valence-corrected chi connectivity index (χ1v) is 7.23. The highest BCUT2D eigenvalue weighted by Crippen LogP contribution is 2.18. The number of fused-ring (bicyclic) bond motifs is 1. The third kappa shape index (κ3) is 2.75. The van der Waals surface area contributed by atoms with Crippen LogP contribution in [0.1, 0.15) is 27.2 Å². The van der Waals surface area contributed by atoms with Gasteiger partial charge in [-0.1, -0.05) is 24.3 Å². The largest absolute Gasteiger partial charge is 0.397 e. The lowest BCUT2D eigenvalue weighted by Crippen LogP contribution is -2.34. The van der Waals surface area contributed by atoms with Crippen molar-refractivity contribution in [3.8, 4) is 0 Å². The minimum Gasteiger partial charge on any atom is -0.397 e. The second-order valence-electron chi connectivity index (χ2n) is 5.46. The molecule has 1 amide bonds. The molecule has 0 unspecified atom stereocenters. The quantitative estimate of drug-likeness (QED) is 0.872. The smallest absolute Gasteiger partial charge is 0.255 e. The summed E-state index contributed by atoms with van der Waals surface area (Å²) in [6, 6.07) is 10.1. The normalized spacial score (nSPS) is 14.4. The molecule has 0 fully saturated rings. The topological polar surface area (TPSA) is 59.2 Å². The molecule has 0 atom stereocenters. The van der Waals surface area contributed by atoms with Crippen LogP contribution in [0.4, 0.5) is 5.69 Å². The Bertz CT molecular complexity index is 654. The standard InChI is InChI=1S/C17H19N3O/c1-12-16(10-15(18)11-19-12)17(21)20-8-6-13-4-2-3-5-14(13)7-9-20/h2-5,10-11H,6-9,18H2,1H3. The highest BCUT2D eigenvalue weighted by molar-refractivity contribution is 5.96. The van der Waals surface area contributed by atoms with Crippen molar-refractivity contribution in [2.75, 3.05) is 18.8 Å². The molecule has 1 aromatic carbocycles. The number of nitrogens with two attached hydrogens (primary N) is 1. The van der Waals surface area contributed by atoms with Gasteiger partial charge in [-0.05, 0) is 37.0 Å². The Labute approximate surface area is 124 Å². The van der Waals surface area contributed by atoms with Gasteiger partial charge >= 0.3 is 0 Å².